The second kappa shape index (κ2) is 10.0. The maximum absolute atomic E-state index is 13.2. The van der Waals surface area contributed by atoms with Crippen LogP contribution in [0.15, 0.2) is 70.2 Å². The van der Waals surface area contributed by atoms with Gasteiger partial charge in [-0.1, -0.05) is 24.3 Å². The summed E-state index contributed by atoms with van der Waals surface area (Å²) in [4.78, 5) is 24.0. The summed E-state index contributed by atoms with van der Waals surface area (Å²) in [5, 5.41) is 11.1. The van der Waals surface area contributed by atoms with E-state index in [-0.39, 0.29) is 12.1 Å². The van der Waals surface area contributed by atoms with Crippen molar-refractivity contribution in [2.75, 3.05) is 14.2 Å². The third kappa shape index (κ3) is 5.09. The zero-order valence-corrected chi connectivity index (χ0v) is 20.3. The molecule has 0 aliphatic heterocycles. The molecule has 0 unspecified atom stereocenters. The topological polar surface area (TPSA) is 94.2 Å². The highest BCUT2D eigenvalue weighted by Crippen LogP contribution is 2.25. The van der Waals surface area contributed by atoms with Gasteiger partial charge in [-0.05, 0) is 45.3 Å². The monoisotopic (exact) mass is 525 g/mol. The van der Waals surface area contributed by atoms with E-state index >= 15 is 0 Å². The van der Waals surface area contributed by atoms with Crippen molar-refractivity contribution in [1.29, 1.82) is 0 Å². The predicted molar refractivity (Wildman–Crippen MR) is 132 cm³/mol. The van der Waals surface area contributed by atoms with Crippen molar-refractivity contribution in [1.82, 2.24) is 14.3 Å². The Kier molecular flexibility index (Phi) is 6.93. The maximum atomic E-state index is 13.2. The van der Waals surface area contributed by atoms with E-state index in [0.717, 1.165) is 26.9 Å². The fraction of sp³-hybridized carbons (Fsp3) is 0.200. The number of amides is 1. The first kappa shape index (κ1) is 23.4. The molecule has 176 valence electrons. The van der Waals surface area contributed by atoms with Crippen molar-refractivity contribution >= 4 is 27.5 Å². The first-order valence-corrected chi connectivity index (χ1v) is 11.3. The van der Waals surface area contributed by atoms with Crippen LogP contribution in [-0.2, 0) is 19.5 Å². The molecule has 4 rings (SSSR count). The molecule has 0 saturated carbocycles. The van der Waals surface area contributed by atoms with E-state index in [0.29, 0.717) is 30.0 Å². The van der Waals surface area contributed by atoms with Gasteiger partial charge >= 0.3 is 6.09 Å². The van der Waals surface area contributed by atoms with E-state index < -0.39 is 6.09 Å². The van der Waals surface area contributed by atoms with Gasteiger partial charge in [0.2, 0.25) is 0 Å². The number of carbonyl (C=O) groups is 1. The lowest BCUT2D eigenvalue weighted by atomic mass is 10.1. The Labute approximate surface area is 204 Å². The van der Waals surface area contributed by atoms with E-state index in [2.05, 4.69) is 21.2 Å². The van der Waals surface area contributed by atoms with Gasteiger partial charge in [0.25, 0.3) is 5.56 Å². The van der Waals surface area contributed by atoms with E-state index in [1.54, 1.807) is 24.9 Å². The number of rotatable bonds is 8. The van der Waals surface area contributed by atoms with E-state index in [4.69, 9.17) is 14.6 Å². The lowest BCUT2D eigenvalue weighted by Crippen LogP contribution is -2.24. The number of ether oxygens (including phenoxy) is 2. The quantitative estimate of drug-likeness (QED) is 0.358. The van der Waals surface area contributed by atoms with E-state index in [1.165, 1.54) is 0 Å². The van der Waals surface area contributed by atoms with Gasteiger partial charge in [0.1, 0.15) is 17.0 Å². The molecule has 34 heavy (non-hydrogen) atoms. The third-order valence-electron chi connectivity index (χ3n) is 5.57. The average molecular weight is 526 g/mol. The summed E-state index contributed by atoms with van der Waals surface area (Å²) in [5.41, 5.74) is 4.17. The van der Waals surface area contributed by atoms with Crippen LogP contribution >= 0.6 is 15.9 Å². The Morgan fingerprint density at radius 2 is 1.76 bits per heavy atom. The number of nitrogens with zero attached hydrogens (tertiary/aromatic N) is 2. The molecular weight excluding hydrogens is 502 g/mol. The highest BCUT2D eigenvalue weighted by molar-refractivity contribution is 9.10. The van der Waals surface area contributed by atoms with Crippen molar-refractivity contribution < 1.29 is 19.4 Å². The van der Waals surface area contributed by atoms with Crippen LogP contribution in [0, 0.1) is 0 Å². The summed E-state index contributed by atoms with van der Waals surface area (Å²) in [6.45, 7) is 0.594. The molecule has 2 heterocycles. The Morgan fingerprint density at radius 3 is 2.44 bits per heavy atom. The molecule has 0 atom stereocenters. The highest BCUT2D eigenvalue weighted by atomic mass is 79.9. The SMILES string of the molecule is COc1ccc(Cn2cc(Cc3ccc(CNC(=O)O)cc3)n3cc(Br)cc3c2=O)c(OC)c1. The highest BCUT2D eigenvalue weighted by Gasteiger charge is 2.14. The van der Waals surface area contributed by atoms with Gasteiger partial charge in [0.15, 0.2) is 0 Å². The van der Waals surface area contributed by atoms with Crippen LogP contribution in [-0.4, -0.2) is 34.4 Å². The minimum Gasteiger partial charge on any atom is -0.497 e. The molecule has 0 bridgehead atoms. The molecule has 0 saturated heterocycles. The number of hydrogen-bond donors (Lipinski definition) is 2. The van der Waals surface area contributed by atoms with Crippen molar-refractivity contribution in [3.05, 3.63) is 98.1 Å². The van der Waals surface area contributed by atoms with Crippen molar-refractivity contribution in [2.24, 2.45) is 0 Å². The number of nitrogens with one attached hydrogen (secondary N) is 1. The van der Waals surface area contributed by atoms with Crippen LogP contribution in [0.5, 0.6) is 11.5 Å². The van der Waals surface area contributed by atoms with Gasteiger partial charge in [-0.15, -0.1) is 0 Å². The van der Waals surface area contributed by atoms with Gasteiger partial charge in [-0.2, -0.15) is 0 Å². The molecule has 0 radical (unpaired) electrons. The molecule has 4 aromatic rings. The minimum atomic E-state index is -1.06. The lowest BCUT2D eigenvalue weighted by molar-refractivity contribution is 0.194. The van der Waals surface area contributed by atoms with Gasteiger partial charge in [0.05, 0.1) is 20.8 Å². The molecule has 9 heteroatoms. The Bertz CT molecular complexity index is 1390. The molecule has 2 aromatic carbocycles. The molecule has 8 nitrogen and oxygen atoms in total. The summed E-state index contributed by atoms with van der Waals surface area (Å²) in [5.74, 6) is 1.33. The van der Waals surface area contributed by atoms with Crippen LogP contribution < -0.4 is 20.3 Å². The first-order valence-electron chi connectivity index (χ1n) is 10.5. The zero-order valence-electron chi connectivity index (χ0n) is 18.7. The summed E-state index contributed by atoms with van der Waals surface area (Å²) in [6, 6.07) is 15.1. The molecule has 2 aromatic heterocycles. The molecule has 2 N–H and O–H groups in total. The summed E-state index contributed by atoms with van der Waals surface area (Å²) in [6.07, 6.45) is 3.28. The van der Waals surface area contributed by atoms with Crippen molar-refractivity contribution in [3.8, 4) is 11.5 Å². The third-order valence-corrected chi connectivity index (χ3v) is 6.00. The van der Waals surface area contributed by atoms with Gasteiger partial charge in [-0.3, -0.25) is 4.79 Å². The summed E-state index contributed by atoms with van der Waals surface area (Å²) >= 11 is 3.49. The number of carboxylic acid groups (broad SMARTS) is 1. The largest absolute Gasteiger partial charge is 0.497 e. The summed E-state index contributed by atoms with van der Waals surface area (Å²) in [7, 11) is 3.19. The number of halogens is 1. The number of benzene rings is 2. The smallest absolute Gasteiger partial charge is 0.404 e. The standard InChI is InChI=1S/C25H24BrN3O5/c1-33-21-8-7-18(23(11-21)34-2)13-28-15-20(29-14-19(26)10-22(29)24(28)30)9-16-3-5-17(6-4-16)12-27-25(31)32/h3-8,10-11,14-15,27H,9,12-13H2,1-2H3,(H,31,32). The lowest BCUT2D eigenvalue weighted by Gasteiger charge is -2.15. The number of aromatic nitrogens is 2. The Morgan fingerprint density at radius 1 is 1.03 bits per heavy atom. The maximum Gasteiger partial charge on any atom is 0.404 e. The fourth-order valence-electron chi connectivity index (χ4n) is 3.86. The van der Waals surface area contributed by atoms with Crippen LogP contribution in [0.25, 0.3) is 5.52 Å². The van der Waals surface area contributed by atoms with Gasteiger partial charge in [-0.25, -0.2) is 4.79 Å². The second-order valence-electron chi connectivity index (χ2n) is 7.80. The van der Waals surface area contributed by atoms with Crippen molar-refractivity contribution in [3.63, 3.8) is 0 Å². The molecule has 0 aliphatic carbocycles. The van der Waals surface area contributed by atoms with Gasteiger partial charge in [0, 0.05) is 47.2 Å². The molecule has 1 amide bonds. The first-order chi connectivity index (χ1) is 16.4. The van der Waals surface area contributed by atoms with Crippen molar-refractivity contribution in [2.45, 2.75) is 19.5 Å². The van der Waals surface area contributed by atoms with Crippen LogP contribution in [0.4, 0.5) is 4.79 Å². The number of methoxy groups -OCH3 is 2. The zero-order chi connectivity index (χ0) is 24.2. The minimum absolute atomic E-state index is 0.109. The number of fused-ring (bicyclic) bond motifs is 1. The second-order valence-corrected chi connectivity index (χ2v) is 8.71. The fourth-order valence-corrected chi connectivity index (χ4v) is 4.28. The molecular formula is C25H24BrN3O5. The van der Waals surface area contributed by atoms with E-state index in [1.807, 2.05) is 59.3 Å². The average Bonchev–Trinajstić information content (AvgIpc) is 3.24. The summed E-state index contributed by atoms with van der Waals surface area (Å²) < 4.78 is 15.2. The normalized spacial score (nSPS) is 10.9. The molecule has 0 fully saturated rings. The Balaban J connectivity index is 1.69. The predicted octanol–water partition coefficient (Wildman–Crippen LogP) is 4.29. The van der Waals surface area contributed by atoms with Crippen LogP contribution in [0.3, 0.4) is 0 Å². The van der Waals surface area contributed by atoms with Crippen LogP contribution in [0.2, 0.25) is 0 Å². The van der Waals surface area contributed by atoms with Gasteiger partial charge < -0.3 is 28.9 Å². The number of hydrogen-bond acceptors (Lipinski definition) is 4. The van der Waals surface area contributed by atoms with Crippen LogP contribution in [0.1, 0.15) is 22.4 Å². The Hall–Kier alpha value is -3.72. The van der Waals surface area contributed by atoms with E-state index in [9.17, 15) is 9.59 Å². The molecule has 0 spiro atoms. The molecule has 0 aliphatic rings.